The third-order valence-corrected chi connectivity index (χ3v) is 5.65. The van der Waals surface area contributed by atoms with Crippen LogP contribution in [0.1, 0.15) is 28.4 Å². The molecular formula is C29H25N3O5. The molecule has 8 heteroatoms. The lowest BCUT2D eigenvalue weighted by Crippen LogP contribution is -2.32. The third-order valence-electron chi connectivity index (χ3n) is 5.65. The van der Waals surface area contributed by atoms with Gasteiger partial charge in [-0.15, -0.1) is 0 Å². The standard InChI is InChI=1S/C29H25N3O5/c1-3-19-8-13-22(14-9-19)31-27(33)28(34)32-30-18-25-24-7-5-4-6-20(24)12-17-26(25)37-29(35)21-10-15-23(36-2)16-11-21/h4-18H,3H2,1-2H3,(H,31,33)(H,32,34)/b30-18-. The summed E-state index contributed by atoms with van der Waals surface area (Å²) >= 11 is 0. The minimum absolute atomic E-state index is 0.248. The maximum Gasteiger partial charge on any atom is 0.343 e. The van der Waals surface area contributed by atoms with Crippen LogP contribution < -0.4 is 20.2 Å². The SMILES string of the molecule is CCc1ccc(NC(=O)C(=O)N/N=C\c2c(OC(=O)c3ccc(OC)cc3)ccc3ccccc23)cc1. The molecule has 37 heavy (non-hydrogen) atoms. The summed E-state index contributed by atoms with van der Waals surface area (Å²) in [6, 6.07) is 24.7. The van der Waals surface area contributed by atoms with Crippen LogP contribution in [0.3, 0.4) is 0 Å². The molecule has 0 atom stereocenters. The molecule has 0 bridgehead atoms. The van der Waals surface area contributed by atoms with Crippen molar-refractivity contribution in [3.63, 3.8) is 0 Å². The van der Waals surface area contributed by atoms with Crippen molar-refractivity contribution in [1.29, 1.82) is 0 Å². The molecule has 0 aromatic heterocycles. The largest absolute Gasteiger partial charge is 0.497 e. The normalized spacial score (nSPS) is 10.8. The molecule has 0 unspecified atom stereocenters. The summed E-state index contributed by atoms with van der Waals surface area (Å²) in [5.41, 5.74) is 4.66. The highest BCUT2D eigenvalue weighted by Crippen LogP contribution is 2.27. The minimum Gasteiger partial charge on any atom is -0.497 e. The van der Waals surface area contributed by atoms with Gasteiger partial charge in [-0.05, 0) is 65.2 Å². The maximum absolute atomic E-state index is 12.8. The molecule has 0 heterocycles. The van der Waals surface area contributed by atoms with Crippen LogP contribution in [0.5, 0.6) is 11.5 Å². The number of methoxy groups -OCH3 is 1. The first kappa shape index (κ1) is 25.1. The Bertz CT molecular complexity index is 1460. The van der Waals surface area contributed by atoms with Gasteiger partial charge in [0, 0.05) is 11.3 Å². The third kappa shape index (κ3) is 6.18. The van der Waals surface area contributed by atoms with E-state index in [1.165, 1.54) is 6.21 Å². The number of fused-ring (bicyclic) bond motifs is 1. The first-order chi connectivity index (χ1) is 18.0. The molecule has 0 aliphatic heterocycles. The van der Waals surface area contributed by atoms with Gasteiger partial charge < -0.3 is 14.8 Å². The second kappa shape index (κ2) is 11.6. The van der Waals surface area contributed by atoms with Gasteiger partial charge in [0.05, 0.1) is 18.9 Å². The van der Waals surface area contributed by atoms with Crippen molar-refractivity contribution in [2.45, 2.75) is 13.3 Å². The lowest BCUT2D eigenvalue weighted by molar-refractivity contribution is -0.136. The molecule has 4 aromatic carbocycles. The number of esters is 1. The second-order valence-corrected chi connectivity index (χ2v) is 8.02. The van der Waals surface area contributed by atoms with Gasteiger partial charge in [0.15, 0.2) is 0 Å². The minimum atomic E-state index is -0.937. The summed E-state index contributed by atoms with van der Waals surface area (Å²) in [5, 5.41) is 8.12. The van der Waals surface area contributed by atoms with E-state index in [9.17, 15) is 14.4 Å². The fraction of sp³-hybridized carbons (Fsp3) is 0.103. The molecule has 2 N–H and O–H groups in total. The van der Waals surface area contributed by atoms with Gasteiger partial charge in [-0.3, -0.25) is 9.59 Å². The summed E-state index contributed by atoms with van der Waals surface area (Å²) in [5.74, 6) is -1.49. The van der Waals surface area contributed by atoms with Crippen LogP contribution in [0, 0.1) is 0 Å². The van der Waals surface area contributed by atoms with Crippen LogP contribution in [0.25, 0.3) is 10.8 Å². The summed E-state index contributed by atoms with van der Waals surface area (Å²) in [6.45, 7) is 2.03. The number of amides is 2. The number of anilines is 1. The molecular weight excluding hydrogens is 470 g/mol. The Labute approximate surface area is 213 Å². The Morgan fingerprint density at radius 1 is 0.865 bits per heavy atom. The van der Waals surface area contributed by atoms with Gasteiger partial charge in [0.25, 0.3) is 0 Å². The fourth-order valence-corrected chi connectivity index (χ4v) is 3.60. The Kier molecular flexibility index (Phi) is 7.90. The van der Waals surface area contributed by atoms with Crippen molar-refractivity contribution in [3.8, 4) is 11.5 Å². The number of benzene rings is 4. The number of ether oxygens (including phenoxy) is 2. The quantitative estimate of drug-likeness (QED) is 0.127. The molecule has 0 aliphatic rings. The van der Waals surface area contributed by atoms with E-state index in [0.29, 0.717) is 22.6 Å². The van der Waals surface area contributed by atoms with Gasteiger partial charge in [0.2, 0.25) is 0 Å². The summed E-state index contributed by atoms with van der Waals surface area (Å²) in [4.78, 5) is 37.3. The molecule has 4 rings (SSSR count). The summed E-state index contributed by atoms with van der Waals surface area (Å²) in [6.07, 6.45) is 2.22. The zero-order valence-corrected chi connectivity index (χ0v) is 20.4. The number of nitrogens with zero attached hydrogens (tertiary/aromatic N) is 1. The number of nitrogens with one attached hydrogen (secondary N) is 2. The van der Waals surface area contributed by atoms with Gasteiger partial charge in [-0.1, -0.05) is 49.4 Å². The smallest absolute Gasteiger partial charge is 0.343 e. The van der Waals surface area contributed by atoms with Crippen LogP contribution >= 0.6 is 0 Å². The zero-order valence-electron chi connectivity index (χ0n) is 20.4. The molecule has 0 radical (unpaired) electrons. The number of rotatable bonds is 7. The van der Waals surface area contributed by atoms with Crippen molar-refractivity contribution < 1.29 is 23.9 Å². The molecule has 0 saturated carbocycles. The van der Waals surface area contributed by atoms with Crippen LogP contribution in [-0.2, 0) is 16.0 Å². The van der Waals surface area contributed by atoms with Crippen LogP contribution in [0.15, 0.2) is 90.0 Å². The number of carbonyl (C=O) groups excluding carboxylic acids is 3. The van der Waals surface area contributed by atoms with E-state index in [2.05, 4.69) is 15.8 Å². The average Bonchev–Trinajstić information content (AvgIpc) is 2.94. The Balaban J connectivity index is 1.51. The molecule has 0 spiro atoms. The van der Waals surface area contributed by atoms with Crippen molar-refractivity contribution in [1.82, 2.24) is 5.43 Å². The van der Waals surface area contributed by atoms with Crippen molar-refractivity contribution in [3.05, 3.63) is 102 Å². The van der Waals surface area contributed by atoms with E-state index >= 15 is 0 Å². The first-order valence-electron chi connectivity index (χ1n) is 11.6. The van der Waals surface area contributed by atoms with E-state index in [1.807, 2.05) is 49.4 Å². The van der Waals surface area contributed by atoms with E-state index < -0.39 is 17.8 Å². The van der Waals surface area contributed by atoms with Crippen molar-refractivity contribution >= 4 is 40.5 Å². The van der Waals surface area contributed by atoms with Gasteiger partial charge in [0.1, 0.15) is 11.5 Å². The molecule has 8 nitrogen and oxygen atoms in total. The average molecular weight is 496 g/mol. The summed E-state index contributed by atoms with van der Waals surface area (Å²) < 4.78 is 10.8. The highest BCUT2D eigenvalue weighted by molar-refractivity contribution is 6.39. The van der Waals surface area contributed by atoms with E-state index in [-0.39, 0.29) is 5.75 Å². The highest BCUT2D eigenvalue weighted by Gasteiger charge is 2.15. The van der Waals surface area contributed by atoms with Crippen molar-refractivity contribution in [2.75, 3.05) is 12.4 Å². The lowest BCUT2D eigenvalue weighted by atomic mass is 10.0. The Morgan fingerprint density at radius 2 is 1.59 bits per heavy atom. The summed E-state index contributed by atoms with van der Waals surface area (Å²) in [7, 11) is 1.54. The highest BCUT2D eigenvalue weighted by atomic mass is 16.5. The van der Waals surface area contributed by atoms with E-state index in [4.69, 9.17) is 9.47 Å². The zero-order chi connectivity index (χ0) is 26.2. The molecule has 4 aromatic rings. The molecule has 0 fully saturated rings. The number of aryl methyl sites for hydroxylation is 1. The monoisotopic (exact) mass is 495 g/mol. The molecule has 186 valence electrons. The Morgan fingerprint density at radius 3 is 2.30 bits per heavy atom. The second-order valence-electron chi connectivity index (χ2n) is 8.02. The predicted octanol–water partition coefficient (Wildman–Crippen LogP) is 4.72. The number of hydrazone groups is 1. The number of hydrogen-bond acceptors (Lipinski definition) is 6. The predicted molar refractivity (Wildman–Crippen MR) is 142 cm³/mol. The van der Waals surface area contributed by atoms with Gasteiger partial charge in [-0.2, -0.15) is 5.10 Å². The molecule has 2 amide bonds. The number of carbonyl (C=O) groups is 3. The van der Waals surface area contributed by atoms with E-state index in [1.54, 1.807) is 49.6 Å². The first-order valence-corrected chi connectivity index (χ1v) is 11.6. The van der Waals surface area contributed by atoms with Crippen LogP contribution in [0.4, 0.5) is 5.69 Å². The van der Waals surface area contributed by atoms with Crippen LogP contribution in [0.2, 0.25) is 0 Å². The number of hydrogen-bond donors (Lipinski definition) is 2. The van der Waals surface area contributed by atoms with Gasteiger partial charge >= 0.3 is 17.8 Å². The molecule has 0 aliphatic carbocycles. The van der Waals surface area contributed by atoms with Gasteiger partial charge in [-0.25, -0.2) is 10.2 Å². The van der Waals surface area contributed by atoms with Crippen LogP contribution in [-0.4, -0.2) is 31.1 Å². The molecule has 0 saturated heterocycles. The Hall–Kier alpha value is -4.98. The topological polar surface area (TPSA) is 106 Å². The fourth-order valence-electron chi connectivity index (χ4n) is 3.60. The van der Waals surface area contributed by atoms with Crippen molar-refractivity contribution in [2.24, 2.45) is 5.10 Å². The maximum atomic E-state index is 12.8. The lowest BCUT2D eigenvalue weighted by Gasteiger charge is -2.11. The van der Waals surface area contributed by atoms with E-state index in [0.717, 1.165) is 22.8 Å².